The lowest BCUT2D eigenvalue weighted by Gasteiger charge is -2.05. The molecule has 108 valence electrons. The number of aryl methyl sites for hydroxylation is 1. The number of hydrogen-bond donors (Lipinski definition) is 2. The highest BCUT2D eigenvalue weighted by atomic mass is 14.9. The van der Waals surface area contributed by atoms with Crippen LogP contribution in [0.4, 0.5) is 0 Å². The van der Waals surface area contributed by atoms with E-state index in [0.717, 1.165) is 30.8 Å². The number of rotatable bonds is 6. The summed E-state index contributed by atoms with van der Waals surface area (Å²) in [6.45, 7) is 6.51. The van der Waals surface area contributed by atoms with E-state index in [1.165, 1.54) is 11.1 Å². The molecule has 1 unspecified atom stereocenters. The molecule has 0 spiro atoms. The summed E-state index contributed by atoms with van der Waals surface area (Å²) in [5.74, 6) is 1.71. The molecule has 2 aromatic rings. The van der Waals surface area contributed by atoms with E-state index >= 15 is 0 Å². The Morgan fingerprint density at radius 1 is 1.15 bits per heavy atom. The number of benzene rings is 1. The molecule has 0 aliphatic heterocycles. The Morgan fingerprint density at radius 3 is 2.45 bits per heavy atom. The molecule has 3 N–H and O–H groups in total. The highest BCUT2D eigenvalue weighted by Crippen LogP contribution is 2.19. The molecule has 1 atom stereocenters. The molecule has 0 bridgehead atoms. The van der Waals surface area contributed by atoms with Crippen molar-refractivity contribution in [1.29, 1.82) is 0 Å². The molecule has 1 aromatic carbocycles. The van der Waals surface area contributed by atoms with Crippen LogP contribution in [0.2, 0.25) is 0 Å². The van der Waals surface area contributed by atoms with Crippen molar-refractivity contribution in [2.45, 2.75) is 46.1 Å². The zero-order chi connectivity index (χ0) is 14.5. The van der Waals surface area contributed by atoms with Gasteiger partial charge in [-0.3, -0.25) is 0 Å². The first-order valence-electron chi connectivity index (χ1n) is 7.43. The van der Waals surface area contributed by atoms with Crippen LogP contribution in [-0.2, 0) is 12.8 Å². The number of hydrogen-bond acceptors (Lipinski definition) is 2. The molecule has 3 heteroatoms. The normalized spacial score (nSPS) is 12.8. The van der Waals surface area contributed by atoms with E-state index in [4.69, 9.17) is 5.73 Å². The third kappa shape index (κ3) is 4.20. The minimum atomic E-state index is 0.221. The third-order valence-electron chi connectivity index (χ3n) is 3.37. The number of nitrogens with one attached hydrogen (secondary N) is 1. The Bertz CT molecular complexity index is 523. The molecule has 0 aliphatic carbocycles. The molecule has 0 amide bonds. The van der Waals surface area contributed by atoms with Crippen LogP contribution >= 0.6 is 0 Å². The van der Waals surface area contributed by atoms with E-state index in [9.17, 15) is 0 Å². The molecule has 0 fully saturated rings. The quantitative estimate of drug-likeness (QED) is 0.844. The number of nitrogens with zero attached hydrogens (tertiary/aromatic N) is 1. The molecule has 0 aliphatic rings. The van der Waals surface area contributed by atoms with Crippen molar-refractivity contribution >= 4 is 0 Å². The molecule has 0 saturated carbocycles. The predicted molar refractivity (Wildman–Crippen MR) is 84.5 cm³/mol. The van der Waals surface area contributed by atoms with Gasteiger partial charge in [0.2, 0.25) is 0 Å². The van der Waals surface area contributed by atoms with Gasteiger partial charge in [-0.15, -0.1) is 0 Å². The van der Waals surface area contributed by atoms with Crippen LogP contribution in [0.25, 0.3) is 11.3 Å². The van der Waals surface area contributed by atoms with Crippen LogP contribution in [-0.4, -0.2) is 16.0 Å². The van der Waals surface area contributed by atoms with E-state index in [2.05, 4.69) is 48.1 Å². The van der Waals surface area contributed by atoms with Gasteiger partial charge < -0.3 is 10.7 Å². The first-order valence-corrected chi connectivity index (χ1v) is 7.43. The molecule has 0 saturated heterocycles. The van der Waals surface area contributed by atoms with Gasteiger partial charge in [0.25, 0.3) is 0 Å². The first-order chi connectivity index (χ1) is 9.54. The molecule has 3 nitrogen and oxygen atoms in total. The van der Waals surface area contributed by atoms with Gasteiger partial charge in [0, 0.05) is 12.5 Å². The summed E-state index contributed by atoms with van der Waals surface area (Å²) in [7, 11) is 0. The number of imidazole rings is 1. The molecule has 1 heterocycles. The minimum Gasteiger partial charge on any atom is -0.342 e. The summed E-state index contributed by atoms with van der Waals surface area (Å²) in [6.07, 6.45) is 4.90. The summed E-state index contributed by atoms with van der Waals surface area (Å²) >= 11 is 0. The SMILES string of the molecule is CC(C)Cc1ccc(-c2cnc(CCC(C)N)[nH]2)cc1. The minimum absolute atomic E-state index is 0.221. The fraction of sp³-hybridized carbons (Fsp3) is 0.471. The molecular formula is C17H25N3. The molecule has 1 aromatic heterocycles. The van der Waals surface area contributed by atoms with Crippen molar-refractivity contribution in [2.24, 2.45) is 11.7 Å². The van der Waals surface area contributed by atoms with Crippen LogP contribution in [0.15, 0.2) is 30.5 Å². The fourth-order valence-electron chi connectivity index (χ4n) is 2.29. The predicted octanol–water partition coefficient (Wildman–Crippen LogP) is 3.56. The maximum Gasteiger partial charge on any atom is 0.106 e. The number of aromatic nitrogens is 2. The number of nitrogens with two attached hydrogens (primary N) is 1. The van der Waals surface area contributed by atoms with Gasteiger partial charge in [-0.05, 0) is 36.8 Å². The van der Waals surface area contributed by atoms with Crippen molar-refractivity contribution < 1.29 is 0 Å². The topological polar surface area (TPSA) is 54.7 Å². The van der Waals surface area contributed by atoms with Crippen molar-refractivity contribution in [2.75, 3.05) is 0 Å². The molecule has 20 heavy (non-hydrogen) atoms. The Balaban J connectivity index is 2.04. The average Bonchev–Trinajstić information content (AvgIpc) is 2.85. The molecule has 0 radical (unpaired) electrons. The second-order valence-electron chi connectivity index (χ2n) is 6.05. The van der Waals surface area contributed by atoms with Crippen molar-refractivity contribution in [1.82, 2.24) is 9.97 Å². The van der Waals surface area contributed by atoms with Gasteiger partial charge >= 0.3 is 0 Å². The van der Waals surface area contributed by atoms with Gasteiger partial charge in [0.1, 0.15) is 5.82 Å². The molecule has 2 rings (SSSR count). The van der Waals surface area contributed by atoms with E-state index in [-0.39, 0.29) is 6.04 Å². The standard InChI is InChI=1S/C17H25N3/c1-12(2)10-14-5-7-15(8-6-14)16-11-19-17(20-16)9-4-13(3)18/h5-8,11-13H,4,9-10,18H2,1-3H3,(H,19,20). The van der Waals surface area contributed by atoms with Gasteiger partial charge in [-0.1, -0.05) is 38.1 Å². The van der Waals surface area contributed by atoms with Gasteiger partial charge in [-0.2, -0.15) is 0 Å². The Morgan fingerprint density at radius 2 is 1.85 bits per heavy atom. The second kappa shape index (κ2) is 6.71. The van der Waals surface area contributed by atoms with E-state index in [1.54, 1.807) is 0 Å². The number of aromatic amines is 1. The van der Waals surface area contributed by atoms with Crippen molar-refractivity contribution in [3.8, 4) is 11.3 Å². The Hall–Kier alpha value is -1.61. The van der Waals surface area contributed by atoms with Crippen molar-refractivity contribution in [3.63, 3.8) is 0 Å². The summed E-state index contributed by atoms with van der Waals surface area (Å²) < 4.78 is 0. The maximum atomic E-state index is 5.77. The zero-order valence-electron chi connectivity index (χ0n) is 12.7. The Labute approximate surface area is 121 Å². The summed E-state index contributed by atoms with van der Waals surface area (Å²) in [5, 5.41) is 0. The van der Waals surface area contributed by atoms with Crippen LogP contribution < -0.4 is 5.73 Å². The third-order valence-corrected chi connectivity index (χ3v) is 3.37. The summed E-state index contributed by atoms with van der Waals surface area (Å²) in [4.78, 5) is 7.80. The van der Waals surface area contributed by atoms with Crippen LogP contribution in [0.3, 0.4) is 0 Å². The largest absolute Gasteiger partial charge is 0.342 e. The fourth-order valence-corrected chi connectivity index (χ4v) is 2.29. The molecular weight excluding hydrogens is 246 g/mol. The zero-order valence-corrected chi connectivity index (χ0v) is 12.7. The lowest BCUT2D eigenvalue weighted by molar-refractivity contribution is 0.647. The monoisotopic (exact) mass is 271 g/mol. The lowest BCUT2D eigenvalue weighted by atomic mass is 10.0. The van der Waals surface area contributed by atoms with Gasteiger partial charge in [-0.25, -0.2) is 4.98 Å². The van der Waals surface area contributed by atoms with Crippen LogP contribution in [0, 0.1) is 5.92 Å². The van der Waals surface area contributed by atoms with Crippen LogP contribution in [0.5, 0.6) is 0 Å². The highest BCUT2D eigenvalue weighted by molar-refractivity contribution is 5.58. The first kappa shape index (κ1) is 14.8. The number of H-pyrrole nitrogens is 1. The second-order valence-corrected chi connectivity index (χ2v) is 6.05. The summed E-state index contributed by atoms with van der Waals surface area (Å²) in [6, 6.07) is 8.97. The average molecular weight is 271 g/mol. The lowest BCUT2D eigenvalue weighted by Crippen LogP contribution is -2.15. The summed E-state index contributed by atoms with van der Waals surface area (Å²) in [5.41, 5.74) is 9.44. The van der Waals surface area contributed by atoms with Gasteiger partial charge in [0.15, 0.2) is 0 Å². The van der Waals surface area contributed by atoms with E-state index in [1.807, 2.05) is 13.1 Å². The van der Waals surface area contributed by atoms with E-state index < -0.39 is 0 Å². The van der Waals surface area contributed by atoms with Gasteiger partial charge in [0.05, 0.1) is 11.9 Å². The van der Waals surface area contributed by atoms with Crippen LogP contribution in [0.1, 0.15) is 38.6 Å². The highest BCUT2D eigenvalue weighted by Gasteiger charge is 2.05. The Kier molecular flexibility index (Phi) is 4.96. The van der Waals surface area contributed by atoms with Crippen molar-refractivity contribution in [3.05, 3.63) is 41.9 Å². The maximum absolute atomic E-state index is 5.77. The smallest absolute Gasteiger partial charge is 0.106 e. The van der Waals surface area contributed by atoms with E-state index in [0.29, 0.717) is 5.92 Å².